The summed E-state index contributed by atoms with van der Waals surface area (Å²) in [5.41, 5.74) is 3.06. The molecule has 2 aromatic carbocycles. The minimum absolute atomic E-state index is 0.228. The Kier molecular flexibility index (Phi) is 3.49. The Morgan fingerprint density at radius 2 is 1.76 bits per heavy atom. The molecule has 1 heterocycles. The number of nitrogens with zero attached hydrogens (tertiary/aromatic N) is 1. The first-order chi connectivity index (χ1) is 10.0. The molecule has 21 heavy (non-hydrogen) atoms. The van der Waals surface area contributed by atoms with Gasteiger partial charge in [0.2, 0.25) is 0 Å². The molecule has 0 spiro atoms. The van der Waals surface area contributed by atoms with Crippen LogP contribution in [0.2, 0.25) is 0 Å². The summed E-state index contributed by atoms with van der Waals surface area (Å²) in [6.45, 7) is 4.63. The molecular formula is C17H19NO2S. The van der Waals surface area contributed by atoms with Crippen LogP contribution >= 0.6 is 0 Å². The van der Waals surface area contributed by atoms with E-state index in [1.165, 1.54) is 4.31 Å². The van der Waals surface area contributed by atoms with Crippen LogP contribution in [0.4, 0.5) is 5.69 Å². The smallest absolute Gasteiger partial charge is 0.264 e. The number of hydrogen-bond donors (Lipinski definition) is 0. The van der Waals surface area contributed by atoms with E-state index in [1.54, 1.807) is 12.1 Å². The molecule has 3 rings (SSSR count). The summed E-state index contributed by atoms with van der Waals surface area (Å²) in [6, 6.07) is 14.9. The normalized spacial score (nSPS) is 17.8. The molecule has 1 unspecified atom stereocenters. The third kappa shape index (κ3) is 2.33. The van der Waals surface area contributed by atoms with Crippen molar-refractivity contribution in [3.05, 3.63) is 59.7 Å². The highest BCUT2D eigenvalue weighted by Crippen LogP contribution is 2.39. The summed E-state index contributed by atoms with van der Waals surface area (Å²) in [7, 11) is -3.48. The van der Waals surface area contributed by atoms with E-state index in [9.17, 15) is 8.42 Å². The largest absolute Gasteiger partial charge is 0.265 e. The molecule has 3 nitrogen and oxygen atoms in total. The molecule has 0 bridgehead atoms. The van der Waals surface area contributed by atoms with Gasteiger partial charge < -0.3 is 0 Å². The van der Waals surface area contributed by atoms with Crippen LogP contribution < -0.4 is 4.31 Å². The van der Waals surface area contributed by atoms with Gasteiger partial charge in [0, 0.05) is 12.5 Å². The molecule has 0 aromatic heterocycles. The fourth-order valence-electron chi connectivity index (χ4n) is 2.83. The third-order valence-corrected chi connectivity index (χ3v) is 5.89. The molecule has 0 amide bonds. The van der Waals surface area contributed by atoms with Crippen molar-refractivity contribution in [3.8, 4) is 0 Å². The summed E-state index contributed by atoms with van der Waals surface area (Å²) in [4.78, 5) is 0.364. The second-order valence-corrected chi connectivity index (χ2v) is 7.36. The zero-order chi connectivity index (χ0) is 15.0. The molecule has 1 atom stereocenters. The quantitative estimate of drug-likeness (QED) is 0.869. The number of benzene rings is 2. The SMILES string of the molecule is CCc1ccc(S(=O)(=O)N2CC(C)c3ccccc32)cc1. The highest BCUT2D eigenvalue weighted by molar-refractivity contribution is 7.92. The Morgan fingerprint density at radius 3 is 2.43 bits per heavy atom. The fraction of sp³-hybridized carbons (Fsp3) is 0.294. The average Bonchev–Trinajstić information content (AvgIpc) is 2.86. The molecule has 0 saturated heterocycles. The van der Waals surface area contributed by atoms with E-state index in [2.05, 4.69) is 13.8 Å². The Labute approximate surface area is 126 Å². The Bertz CT molecular complexity index is 751. The van der Waals surface area contributed by atoms with E-state index >= 15 is 0 Å². The fourth-order valence-corrected chi connectivity index (χ4v) is 4.41. The summed E-state index contributed by atoms with van der Waals surface area (Å²) in [6.07, 6.45) is 0.907. The molecule has 4 heteroatoms. The van der Waals surface area contributed by atoms with Crippen molar-refractivity contribution in [1.82, 2.24) is 0 Å². The molecule has 0 aliphatic carbocycles. The van der Waals surface area contributed by atoms with Gasteiger partial charge in [0.05, 0.1) is 10.6 Å². The van der Waals surface area contributed by atoms with Crippen molar-refractivity contribution >= 4 is 15.7 Å². The van der Waals surface area contributed by atoms with Gasteiger partial charge in [-0.2, -0.15) is 0 Å². The number of rotatable bonds is 3. The molecule has 2 aromatic rings. The summed E-state index contributed by atoms with van der Waals surface area (Å²) < 4.78 is 27.3. The Hall–Kier alpha value is -1.81. The standard InChI is InChI=1S/C17H19NO2S/c1-3-14-8-10-15(11-9-14)21(19,20)18-12-13(2)16-6-4-5-7-17(16)18/h4-11,13H,3,12H2,1-2H3. The van der Waals surface area contributed by atoms with Gasteiger partial charge in [0.15, 0.2) is 0 Å². The molecule has 0 fully saturated rings. The van der Waals surface area contributed by atoms with Gasteiger partial charge in [-0.15, -0.1) is 0 Å². The first-order valence-corrected chi connectivity index (χ1v) is 8.68. The highest BCUT2D eigenvalue weighted by Gasteiger charge is 2.34. The number of aryl methyl sites for hydroxylation is 1. The van der Waals surface area contributed by atoms with Crippen LogP contribution in [0.5, 0.6) is 0 Å². The molecule has 1 aliphatic rings. The second-order valence-electron chi connectivity index (χ2n) is 5.49. The van der Waals surface area contributed by atoms with Crippen molar-refractivity contribution in [2.75, 3.05) is 10.8 Å². The lowest BCUT2D eigenvalue weighted by Gasteiger charge is -2.20. The summed E-state index contributed by atoms with van der Waals surface area (Å²) >= 11 is 0. The Morgan fingerprint density at radius 1 is 1.10 bits per heavy atom. The van der Waals surface area contributed by atoms with E-state index in [1.807, 2.05) is 36.4 Å². The predicted molar refractivity (Wildman–Crippen MR) is 85.2 cm³/mol. The van der Waals surface area contributed by atoms with Crippen LogP contribution in [0.25, 0.3) is 0 Å². The van der Waals surface area contributed by atoms with Gasteiger partial charge >= 0.3 is 0 Å². The maximum absolute atomic E-state index is 12.9. The maximum Gasteiger partial charge on any atom is 0.264 e. The topological polar surface area (TPSA) is 37.4 Å². The van der Waals surface area contributed by atoms with E-state index < -0.39 is 10.0 Å². The van der Waals surface area contributed by atoms with Crippen LogP contribution in [-0.2, 0) is 16.4 Å². The zero-order valence-corrected chi connectivity index (χ0v) is 13.1. The van der Waals surface area contributed by atoms with Crippen molar-refractivity contribution in [2.24, 2.45) is 0 Å². The van der Waals surface area contributed by atoms with Crippen LogP contribution in [-0.4, -0.2) is 15.0 Å². The van der Waals surface area contributed by atoms with Crippen molar-refractivity contribution in [2.45, 2.75) is 31.1 Å². The lowest BCUT2D eigenvalue weighted by atomic mass is 10.0. The summed E-state index contributed by atoms with van der Waals surface area (Å²) in [5, 5.41) is 0. The number of para-hydroxylation sites is 1. The molecule has 1 aliphatic heterocycles. The average molecular weight is 301 g/mol. The van der Waals surface area contributed by atoms with E-state index in [4.69, 9.17) is 0 Å². The first kappa shape index (κ1) is 14.1. The molecule has 0 N–H and O–H groups in total. The van der Waals surface area contributed by atoms with E-state index in [-0.39, 0.29) is 5.92 Å². The van der Waals surface area contributed by atoms with Crippen molar-refractivity contribution in [3.63, 3.8) is 0 Å². The van der Waals surface area contributed by atoms with Gasteiger partial charge in [-0.05, 0) is 35.7 Å². The first-order valence-electron chi connectivity index (χ1n) is 7.24. The van der Waals surface area contributed by atoms with Crippen molar-refractivity contribution < 1.29 is 8.42 Å². The molecular weight excluding hydrogens is 282 g/mol. The van der Waals surface area contributed by atoms with Crippen LogP contribution in [0.15, 0.2) is 53.4 Å². The lowest BCUT2D eigenvalue weighted by molar-refractivity contribution is 0.590. The third-order valence-electron chi connectivity index (χ3n) is 4.10. The van der Waals surface area contributed by atoms with Crippen molar-refractivity contribution in [1.29, 1.82) is 0 Å². The monoisotopic (exact) mass is 301 g/mol. The minimum Gasteiger partial charge on any atom is -0.265 e. The molecule has 110 valence electrons. The van der Waals surface area contributed by atoms with E-state index in [0.717, 1.165) is 23.2 Å². The highest BCUT2D eigenvalue weighted by atomic mass is 32.2. The molecule has 0 saturated carbocycles. The van der Waals surface area contributed by atoms with E-state index in [0.29, 0.717) is 11.4 Å². The maximum atomic E-state index is 12.9. The number of fused-ring (bicyclic) bond motifs is 1. The number of sulfonamides is 1. The second kappa shape index (κ2) is 5.19. The zero-order valence-electron chi connectivity index (χ0n) is 12.3. The van der Waals surface area contributed by atoms with Gasteiger partial charge in [-0.1, -0.05) is 44.2 Å². The number of anilines is 1. The van der Waals surface area contributed by atoms with Crippen LogP contribution in [0.1, 0.15) is 30.9 Å². The number of hydrogen-bond acceptors (Lipinski definition) is 2. The Balaban J connectivity index is 2.03. The summed E-state index contributed by atoms with van der Waals surface area (Å²) in [5.74, 6) is 0.228. The lowest BCUT2D eigenvalue weighted by Crippen LogP contribution is -2.29. The van der Waals surface area contributed by atoms with Gasteiger partial charge in [0.1, 0.15) is 0 Å². The van der Waals surface area contributed by atoms with Crippen LogP contribution in [0.3, 0.4) is 0 Å². The van der Waals surface area contributed by atoms with Gasteiger partial charge in [-0.25, -0.2) is 8.42 Å². The van der Waals surface area contributed by atoms with Gasteiger partial charge in [0.25, 0.3) is 10.0 Å². The van der Waals surface area contributed by atoms with Crippen LogP contribution in [0, 0.1) is 0 Å². The predicted octanol–water partition coefficient (Wildman–Crippen LogP) is 3.56. The molecule has 0 radical (unpaired) electrons. The van der Waals surface area contributed by atoms with Gasteiger partial charge in [-0.3, -0.25) is 4.31 Å². The minimum atomic E-state index is -3.48.